The van der Waals surface area contributed by atoms with Gasteiger partial charge < -0.3 is 14.2 Å². The van der Waals surface area contributed by atoms with Gasteiger partial charge >= 0.3 is 5.97 Å². The topological polar surface area (TPSA) is 82.1 Å². The van der Waals surface area contributed by atoms with Crippen LogP contribution in [0.25, 0.3) is 6.08 Å². The number of nitrogens with zero attached hydrogens (tertiary/aromatic N) is 1. The van der Waals surface area contributed by atoms with Crippen LogP contribution in [0.2, 0.25) is 0 Å². The zero-order chi connectivity index (χ0) is 26.5. The van der Waals surface area contributed by atoms with Crippen molar-refractivity contribution in [1.29, 1.82) is 0 Å². The summed E-state index contributed by atoms with van der Waals surface area (Å²) >= 11 is 4.29. The molecule has 0 spiro atoms. The molecule has 1 heterocycles. The van der Waals surface area contributed by atoms with E-state index in [0.29, 0.717) is 27.1 Å². The number of esters is 1. The van der Waals surface area contributed by atoms with Crippen molar-refractivity contribution in [2.24, 2.45) is 0 Å². The number of thioether (sulfide) groups is 1. The maximum absolute atomic E-state index is 12.9. The number of carbonyl (C=O) groups is 3. The summed E-state index contributed by atoms with van der Waals surface area (Å²) in [5, 5.41) is -0.362. The lowest BCUT2D eigenvalue weighted by Gasteiger charge is -2.14. The molecule has 0 N–H and O–H groups in total. The van der Waals surface area contributed by atoms with E-state index in [4.69, 9.17) is 14.2 Å². The Morgan fingerprint density at radius 1 is 1.03 bits per heavy atom. The number of amides is 2. The molecule has 3 aromatic rings. The van der Waals surface area contributed by atoms with E-state index in [1.165, 1.54) is 7.11 Å². The van der Waals surface area contributed by atoms with Crippen molar-refractivity contribution < 1.29 is 28.6 Å². The predicted molar refractivity (Wildman–Crippen MR) is 146 cm³/mol. The van der Waals surface area contributed by atoms with Crippen LogP contribution in [0, 0.1) is 13.8 Å². The SMILES string of the molecule is COc1cc(/C=C2\SC(=O)N(CCOc3cccc(C)c3)C2=O)cc(Br)c1OC(=O)c1ccc(C)cc1. The van der Waals surface area contributed by atoms with Gasteiger partial charge in [-0.25, -0.2) is 4.79 Å². The van der Waals surface area contributed by atoms with Gasteiger partial charge in [-0.1, -0.05) is 29.8 Å². The van der Waals surface area contributed by atoms with Crippen LogP contribution < -0.4 is 14.2 Å². The summed E-state index contributed by atoms with van der Waals surface area (Å²) in [5.41, 5.74) is 3.09. The summed E-state index contributed by atoms with van der Waals surface area (Å²) in [5.74, 6) is 0.273. The first-order valence-electron chi connectivity index (χ1n) is 11.4. The highest BCUT2D eigenvalue weighted by atomic mass is 79.9. The number of hydrogen-bond donors (Lipinski definition) is 0. The van der Waals surface area contributed by atoms with Crippen LogP contribution in [0.3, 0.4) is 0 Å². The van der Waals surface area contributed by atoms with Crippen molar-refractivity contribution in [2.45, 2.75) is 13.8 Å². The largest absolute Gasteiger partial charge is 0.493 e. The number of rotatable bonds is 8. The minimum Gasteiger partial charge on any atom is -0.493 e. The molecular weight excluding hydrogens is 558 g/mol. The van der Waals surface area contributed by atoms with Gasteiger partial charge in [0.25, 0.3) is 11.1 Å². The molecule has 0 aromatic heterocycles. The van der Waals surface area contributed by atoms with Gasteiger partial charge in [-0.05, 0) is 95.1 Å². The Hall–Kier alpha value is -3.56. The Bertz CT molecular complexity index is 1390. The van der Waals surface area contributed by atoms with Gasteiger partial charge in [0.1, 0.15) is 12.4 Å². The van der Waals surface area contributed by atoms with Crippen LogP contribution in [-0.2, 0) is 4.79 Å². The average Bonchev–Trinajstić information content (AvgIpc) is 3.13. The lowest BCUT2D eigenvalue weighted by atomic mass is 10.1. The normalized spacial score (nSPS) is 14.3. The third kappa shape index (κ3) is 6.42. The van der Waals surface area contributed by atoms with E-state index >= 15 is 0 Å². The molecule has 0 bridgehead atoms. The molecule has 0 saturated carbocycles. The number of carbonyl (C=O) groups excluding carboxylic acids is 3. The lowest BCUT2D eigenvalue weighted by Crippen LogP contribution is -2.32. The Morgan fingerprint density at radius 2 is 1.78 bits per heavy atom. The first kappa shape index (κ1) is 26.5. The standard InChI is InChI=1S/C28H24BrNO6S/c1-17-7-9-20(10-8-17)27(32)36-25-22(29)14-19(15-23(25)34-3)16-24-26(31)30(28(33)37-24)11-12-35-21-6-4-5-18(2)13-21/h4-10,13-16H,11-12H2,1-3H3/b24-16-. The molecule has 1 aliphatic heterocycles. The van der Waals surface area contributed by atoms with E-state index in [2.05, 4.69) is 15.9 Å². The van der Waals surface area contributed by atoms with Gasteiger partial charge in [0.15, 0.2) is 11.5 Å². The highest BCUT2D eigenvalue weighted by molar-refractivity contribution is 9.10. The number of imide groups is 1. The second-order valence-corrected chi connectivity index (χ2v) is 10.1. The van der Waals surface area contributed by atoms with Crippen molar-refractivity contribution in [3.8, 4) is 17.2 Å². The number of methoxy groups -OCH3 is 1. The van der Waals surface area contributed by atoms with E-state index in [1.807, 2.05) is 50.2 Å². The molecule has 0 aliphatic carbocycles. The number of ether oxygens (including phenoxy) is 3. The fraction of sp³-hybridized carbons (Fsp3) is 0.179. The summed E-state index contributed by atoms with van der Waals surface area (Å²) in [6.07, 6.45) is 1.60. The molecule has 1 fully saturated rings. The smallest absolute Gasteiger partial charge is 0.343 e. The molecule has 0 unspecified atom stereocenters. The predicted octanol–water partition coefficient (Wildman–Crippen LogP) is 6.41. The molecule has 0 atom stereocenters. The molecule has 7 nitrogen and oxygen atoms in total. The zero-order valence-corrected chi connectivity index (χ0v) is 22.9. The lowest BCUT2D eigenvalue weighted by molar-refractivity contribution is -0.123. The molecule has 1 saturated heterocycles. The maximum Gasteiger partial charge on any atom is 0.343 e. The Morgan fingerprint density at radius 3 is 2.49 bits per heavy atom. The number of hydrogen-bond acceptors (Lipinski definition) is 7. The van der Waals surface area contributed by atoms with E-state index in [-0.39, 0.29) is 29.0 Å². The molecule has 37 heavy (non-hydrogen) atoms. The minimum absolute atomic E-state index is 0.136. The maximum atomic E-state index is 12.9. The van der Waals surface area contributed by atoms with Gasteiger partial charge in [0.05, 0.1) is 28.6 Å². The monoisotopic (exact) mass is 581 g/mol. The summed E-state index contributed by atoms with van der Waals surface area (Å²) in [6.45, 7) is 4.22. The van der Waals surface area contributed by atoms with Crippen molar-refractivity contribution in [2.75, 3.05) is 20.3 Å². The Balaban J connectivity index is 1.46. The van der Waals surface area contributed by atoms with Gasteiger partial charge in [-0.2, -0.15) is 0 Å². The van der Waals surface area contributed by atoms with E-state index < -0.39 is 11.9 Å². The molecule has 9 heteroatoms. The fourth-order valence-electron chi connectivity index (χ4n) is 3.57. The third-order valence-electron chi connectivity index (χ3n) is 5.48. The van der Waals surface area contributed by atoms with E-state index in [9.17, 15) is 14.4 Å². The van der Waals surface area contributed by atoms with Crippen LogP contribution in [0.4, 0.5) is 4.79 Å². The molecule has 1 aliphatic rings. The Labute approximate surface area is 227 Å². The van der Waals surface area contributed by atoms with Crippen molar-refractivity contribution in [3.63, 3.8) is 0 Å². The van der Waals surface area contributed by atoms with Crippen LogP contribution >= 0.6 is 27.7 Å². The van der Waals surface area contributed by atoms with Crippen molar-refractivity contribution in [1.82, 2.24) is 4.90 Å². The van der Waals surface area contributed by atoms with Crippen LogP contribution in [0.5, 0.6) is 17.2 Å². The highest BCUT2D eigenvalue weighted by Crippen LogP contribution is 2.39. The summed E-state index contributed by atoms with van der Waals surface area (Å²) in [6, 6.07) is 17.9. The molecule has 4 rings (SSSR count). The average molecular weight is 582 g/mol. The quantitative estimate of drug-likeness (QED) is 0.173. The van der Waals surface area contributed by atoms with Crippen LogP contribution in [-0.4, -0.2) is 42.3 Å². The molecule has 0 radical (unpaired) electrons. The fourth-order valence-corrected chi connectivity index (χ4v) is 4.97. The summed E-state index contributed by atoms with van der Waals surface area (Å²) < 4.78 is 17.2. The number of benzene rings is 3. The van der Waals surface area contributed by atoms with E-state index in [0.717, 1.165) is 27.8 Å². The van der Waals surface area contributed by atoms with Crippen LogP contribution in [0.1, 0.15) is 27.0 Å². The van der Waals surface area contributed by atoms with E-state index in [1.54, 1.807) is 30.3 Å². The zero-order valence-electron chi connectivity index (χ0n) is 20.4. The van der Waals surface area contributed by atoms with Crippen LogP contribution in [0.15, 0.2) is 70.0 Å². The molecule has 3 aromatic carbocycles. The molecular formula is C28H24BrNO6S. The molecule has 190 valence electrons. The third-order valence-corrected chi connectivity index (χ3v) is 6.97. The summed E-state index contributed by atoms with van der Waals surface area (Å²) in [4.78, 5) is 39.4. The number of aryl methyl sites for hydroxylation is 2. The molecule has 2 amide bonds. The van der Waals surface area contributed by atoms with Crippen molar-refractivity contribution >= 4 is 50.9 Å². The Kier molecular flexibility index (Phi) is 8.35. The van der Waals surface area contributed by atoms with Crippen molar-refractivity contribution in [3.05, 3.63) is 92.3 Å². The highest BCUT2D eigenvalue weighted by Gasteiger charge is 2.35. The van der Waals surface area contributed by atoms with Gasteiger partial charge in [-0.15, -0.1) is 0 Å². The first-order valence-corrected chi connectivity index (χ1v) is 13.0. The second kappa shape index (κ2) is 11.7. The minimum atomic E-state index is -0.527. The summed E-state index contributed by atoms with van der Waals surface area (Å²) in [7, 11) is 1.46. The number of halogens is 1. The van der Waals surface area contributed by atoms with Gasteiger partial charge in [-0.3, -0.25) is 14.5 Å². The second-order valence-electron chi connectivity index (χ2n) is 8.29. The van der Waals surface area contributed by atoms with Gasteiger partial charge in [0.2, 0.25) is 0 Å². The first-order chi connectivity index (χ1) is 17.7. The van der Waals surface area contributed by atoms with Gasteiger partial charge in [0, 0.05) is 0 Å².